The Hall–Kier alpha value is -2.25. The molecule has 5 nitrogen and oxygen atoms in total. The quantitative estimate of drug-likeness (QED) is 0.784. The summed E-state index contributed by atoms with van der Waals surface area (Å²) in [7, 11) is -1.91. The number of rotatable bonds is 4. The van der Waals surface area contributed by atoms with E-state index in [1.54, 1.807) is 32.2 Å². The smallest absolute Gasteiger partial charge is 0.243 e. The maximum Gasteiger partial charge on any atom is 0.243 e. The summed E-state index contributed by atoms with van der Waals surface area (Å²) in [5.41, 5.74) is 2.24. The predicted octanol–water partition coefficient (Wildman–Crippen LogP) is 3.51. The minimum absolute atomic E-state index is 0.0737. The van der Waals surface area contributed by atoms with Crippen molar-refractivity contribution in [1.82, 2.24) is 4.31 Å². The Balaban J connectivity index is 1.69. The highest BCUT2D eigenvalue weighted by molar-refractivity contribution is 7.89. The number of benzene rings is 2. The van der Waals surface area contributed by atoms with Gasteiger partial charge in [0.1, 0.15) is 5.82 Å². The lowest BCUT2D eigenvalue weighted by Gasteiger charge is -2.33. The molecule has 2 aromatic carbocycles. The topological polar surface area (TPSA) is 57.7 Å². The number of piperidine rings is 1. The van der Waals surface area contributed by atoms with E-state index in [1.165, 1.54) is 21.3 Å². The van der Waals surface area contributed by atoms with E-state index in [9.17, 15) is 17.6 Å². The summed E-state index contributed by atoms with van der Waals surface area (Å²) in [5, 5.41) is 0. The number of anilines is 1. The second-order valence-electron chi connectivity index (χ2n) is 7.32. The zero-order valence-corrected chi connectivity index (χ0v) is 17.2. The highest BCUT2D eigenvalue weighted by atomic mass is 32.2. The summed E-state index contributed by atoms with van der Waals surface area (Å²) < 4.78 is 40.6. The van der Waals surface area contributed by atoms with Gasteiger partial charge in [-0.1, -0.05) is 12.1 Å². The number of sulfonamides is 1. The van der Waals surface area contributed by atoms with Crippen LogP contribution < -0.4 is 4.90 Å². The van der Waals surface area contributed by atoms with Gasteiger partial charge in [0.05, 0.1) is 4.90 Å². The minimum Gasteiger partial charge on any atom is -0.315 e. The van der Waals surface area contributed by atoms with Crippen molar-refractivity contribution in [1.29, 1.82) is 0 Å². The summed E-state index contributed by atoms with van der Waals surface area (Å²) in [5.74, 6) is -0.676. The molecular formula is C21H25FN2O3S. The molecule has 1 aliphatic heterocycles. The molecule has 1 aliphatic rings. The molecule has 0 spiro atoms. The van der Waals surface area contributed by atoms with Gasteiger partial charge in [0.2, 0.25) is 15.9 Å². The molecule has 0 saturated carbocycles. The number of halogens is 1. The van der Waals surface area contributed by atoms with Gasteiger partial charge in [-0.3, -0.25) is 4.79 Å². The average Bonchev–Trinajstić information content (AvgIpc) is 2.69. The van der Waals surface area contributed by atoms with Gasteiger partial charge in [-0.25, -0.2) is 12.8 Å². The first-order valence-electron chi connectivity index (χ1n) is 9.30. The molecule has 1 heterocycles. The minimum atomic E-state index is -3.57. The fourth-order valence-electron chi connectivity index (χ4n) is 3.53. The molecular weight excluding hydrogens is 379 g/mol. The van der Waals surface area contributed by atoms with Crippen LogP contribution in [0, 0.1) is 25.6 Å². The van der Waals surface area contributed by atoms with E-state index in [1.807, 2.05) is 19.1 Å². The van der Waals surface area contributed by atoms with Gasteiger partial charge in [0, 0.05) is 31.7 Å². The Labute approximate surface area is 165 Å². The largest absolute Gasteiger partial charge is 0.315 e. The van der Waals surface area contributed by atoms with Crippen LogP contribution in [0.2, 0.25) is 0 Å². The van der Waals surface area contributed by atoms with Crippen LogP contribution in [0.15, 0.2) is 47.4 Å². The molecule has 1 fully saturated rings. The highest BCUT2D eigenvalue weighted by Gasteiger charge is 2.34. The molecule has 2 aromatic rings. The Morgan fingerprint density at radius 3 is 2.29 bits per heavy atom. The van der Waals surface area contributed by atoms with E-state index >= 15 is 0 Å². The number of amides is 1. The van der Waals surface area contributed by atoms with Crippen LogP contribution in [0.5, 0.6) is 0 Å². The van der Waals surface area contributed by atoms with Gasteiger partial charge < -0.3 is 4.90 Å². The normalized spacial score (nSPS) is 16.1. The number of carbonyl (C=O) groups excluding carboxylic acids is 1. The SMILES string of the molecule is Cc1ccc(C)c(S(=O)(=O)N2CCC(C(=O)N(C)c3ccc(F)cc3)CC2)c1. The summed E-state index contributed by atoms with van der Waals surface area (Å²) >= 11 is 0. The molecule has 7 heteroatoms. The fourth-order valence-corrected chi connectivity index (χ4v) is 5.31. The van der Waals surface area contributed by atoms with E-state index < -0.39 is 10.0 Å². The van der Waals surface area contributed by atoms with Crippen LogP contribution in [0.1, 0.15) is 24.0 Å². The number of nitrogens with zero attached hydrogens (tertiary/aromatic N) is 2. The van der Waals surface area contributed by atoms with Gasteiger partial charge in [-0.2, -0.15) is 4.31 Å². The van der Waals surface area contributed by atoms with Gasteiger partial charge >= 0.3 is 0 Å². The maximum atomic E-state index is 13.1. The first-order valence-corrected chi connectivity index (χ1v) is 10.7. The summed E-state index contributed by atoms with van der Waals surface area (Å²) in [4.78, 5) is 14.6. The molecule has 0 unspecified atom stereocenters. The van der Waals surface area contributed by atoms with Crippen molar-refractivity contribution in [2.45, 2.75) is 31.6 Å². The van der Waals surface area contributed by atoms with Crippen LogP contribution in [0.4, 0.5) is 10.1 Å². The Kier molecular flexibility index (Phi) is 5.86. The molecule has 1 saturated heterocycles. The lowest BCUT2D eigenvalue weighted by molar-refractivity contribution is -0.123. The summed E-state index contributed by atoms with van der Waals surface area (Å²) in [6.45, 7) is 4.28. The molecule has 0 aromatic heterocycles. The van der Waals surface area contributed by atoms with Gasteiger partial charge in [-0.05, 0) is 68.1 Å². The molecule has 0 bridgehead atoms. The van der Waals surface area contributed by atoms with Crippen molar-refractivity contribution in [3.63, 3.8) is 0 Å². The summed E-state index contributed by atoms with van der Waals surface area (Å²) in [6, 6.07) is 11.2. The van der Waals surface area contributed by atoms with Crippen LogP contribution in [-0.2, 0) is 14.8 Å². The van der Waals surface area contributed by atoms with Crippen molar-refractivity contribution in [3.05, 3.63) is 59.4 Å². The van der Waals surface area contributed by atoms with E-state index in [2.05, 4.69) is 0 Å². The second kappa shape index (κ2) is 8.01. The van der Waals surface area contributed by atoms with Crippen LogP contribution in [-0.4, -0.2) is 38.8 Å². The van der Waals surface area contributed by atoms with Crippen LogP contribution >= 0.6 is 0 Å². The highest BCUT2D eigenvalue weighted by Crippen LogP contribution is 2.28. The van der Waals surface area contributed by atoms with E-state index in [-0.39, 0.29) is 17.6 Å². The molecule has 0 aliphatic carbocycles. The molecule has 0 N–H and O–H groups in total. The van der Waals surface area contributed by atoms with Gasteiger partial charge in [0.25, 0.3) is 0 Å². The number of aryl methyl sites for hydroxylation is 2. The lowest BCUT2D eigenvalue weighted by Crippen LogP contribution is -2.43. The van der Waals surface area contributed by atoms with Crippen molar-refractivity contribution < 1.29 is 17.6 Å². The zero-order chi connectivity index (χ0) is 20.5. The van der Waals surface area contributed by atoms with Crippen molar-refractivity contribution in [2.24, 2.45) is 5.92 Å². The summed E-state index contributed by atoms with van der Waals surface area (Å²) in [6.07, 6.45) is 0.933. The Morgan fingerprint density at radius 2 is 1.68 bits per heavy atom. The van der Waals surface area contributed by atoms with Crippen molar-refractivity contribution in [2.75, 3.05) is 25.0 Å². The van der Waals surface area contributed by atoms with Gasteiger partial charge in [-0.15, -0.1) is 0 Å². The third kappa shape index (κ3) is 4.10. The molecule has 3 rings (SSSR count). The first-order chi connectivity index (χ1) is 13.2. The Morgan fingerprint density at radius 1 is 1.07 bits per heavy atom. The number of hydrogen-bond acceptors (Lipinski definition) is 3. The van der Waals surface area contributed by atoms with Gasteiger partial charge in [0.15, 0.2) is 0 Å². The number of hydrogen-bond donors (Lipinski definition) is 0. The maximum absolute atomic E-state index is 13.1. The second-order valence-corrected chi connectivity index (χ2v) is 9.23. The molecule has 150 valence electrons. The lowest BCUT2D eigenvalue weighted by atomic mass is 9.96. The van der Waals surface area contributed by atoms with E-state index in [0.29, 0.717) is 36.5 Å². The molecule has 0 radical (unpaired) electrons. The molecule has 1 amide bonds. The monoisotopic (exact) mass is 404 g/mol. The molecule has 0 atom stereocenters. The average molecular weight is 405 g/mol. The van der Waals surface area contributed by atoms with Crippen molar-refractivity contribution >= 4 is 21.6 Å². The van der Waals surface area contributed by atoms with E-state index in [4.69, 9.17) is 0 Å². The van der Waals surface area contributed by atoms with Crippen LogP contribution in [0.3, 0.4) is 0 Å². The predicted molar refractivity (Wildman–Crippen MR) is 107 cm³/mol. The third-order valence-electron chi connectivity index (χ3n) is 5.31. The Bertz CT molecular complexity index is 966. The fraction of sp³-hybridized carbons (Fsp3) is 0.381. The van der Waals surface area contributed by atoms with E-state index in [0.717, 1.165) is 11.1 Å². The first kappa shape index (κ1) is 20.5. The number of carbonyl (C=O) groups is 1. The third-order valence-corrected chi connectivity index (χ3v) is 7.35. The van der Waals surface area contributed by atoms with Crippen LogP contribution in [0.25, 0.3) is 0 Å². The molecule has 28 heavy (non-hydrogen) atoms. The van der Waals surface area contributed by atoms with Crippen molar-refractivity contribution in [3.8, 4) is 0 Å². The standard InChI is InChI=1S/C21H25FN2O3S/c1-15-4-5-16(2)20(14-15)28(26,27)24-12-10-17(11-13-24)21(25)23(3)19-8-6-18(22)7-9-19/h4-9,14,17H,10-13H2,1-3H3. The zero-order valence-electron chi connectivity index (χ0n) is 16.4.